The first-order valence-corrected chi connectivity index (χ1v) is 10.9. The molecule has 0 spiro atoms. The van der Waals surface area contributed by atoms with Crippen LogP contribution in [0.4, 0.5) is 0 Å². The third kappa shape index (κ3) is 8.46. The molecule has 1 aromatic rings. The van der Waals surface area contributed by atoms with Gasteiger partial charge in [0, 0.05) is 18.3 Å². The van der Waals surface area contributed by atoms with Crippen molar-refractivity contribution in [3.63, 3.8) is 0 Å². The molecule has 0 aromatic carbocycles. The number of carbonyl (C=O) groups is 4. The molecule has 0 saturated heterocycles. The van der Waals surface area contributed by atoms with E-state index in [1.165, 1.54) is 19.4 Å². The number of nitrogens with one attached hydrogen (secondary N) is 4. The van der Waals surface area contributed by atoms with Crippen LogP contribution in [-0.2, 0) is 25.6 Å². The number of H-pyrrole nitrogens is 1. The summed E-state index contributed by atoms with van der Waals surface area (Å²) >= 11 is 0. The third-order valence-electron chi connectivity index (χ3n) is 5.42. The summed E-state index contributed by atoms with van der Waals surface area (Å²) in [6.07, 6.45) is 2.35. The molecule has 0 saturated carbocycles. The number of imidazole rings is 1. The maximum Gasteiger partial charge on any atom is 0.326 e. The Kier molecular flexibility index (Phi) is 11.0. The molecule has 12 nitrogen and oxygen atoms in total. The maximum atomic E-state index is 12.8. The average molecular weight is 469 g/mol. The summed E-state index contributed by atoms with van der Waals surface area (Å²) in [6.45, 7) is 8.19. The van der Waals surface area contributed by atoms with Crippen LogP contribution < -0.4 is 21.7 Å². The molecule has 0 aliphatic carbocycles. The number of aromatic amines is 1. The molecule has 1 aromatic heterocycles. The molecule has 6 atom stereocenters. The standard InChI is InChI=1S/C21H36N6O6/c1-6-11(4)16(21(32)33)26-19(30)15(10(2)3)25-20(31)17(12(5)28)27-18(29)14(22)7-13-8-23-9-24-13/h8-12,14-17,28H,6-7,22H2,1-5H3,(H,23,24)(H,25,31)(H,26,30)(H,27,29)(H,32,33). The molecular formula is C21H36N6O6. The van der Waals surface area contributed by atoms with Gasteiger partial charge >= 0.3 is 5.97 Å². The molecular weight excluding hydrogens is 432 g/mol. The van der Waals surface area contributed by atoms with E-state index in [-0.39, 0.29) is 12.3 Å². The van der Waals surface area contributed by atoms with Crippen LogP contribution in [0.15, 0.2) is 12.5 Å². The van der Waals surface area contributed by atoms with Gasteiger partial charge in [0.2, 0.25) is 17.7 Å². The second kappa shape index (κ2) is 12.9. The van der Waals surface area contributed by atoms with Gasteiger partial charge in [-0.15, -0.1) is 0 Å². The van der Waals surface area contributed by atoms with Crippen molar-refractivity contribution in [3.8, 4) is 0 Å². The van der Waals surface area contributed by atoms with Crippen LogP contribution in [0.5, 0.6) is 0 Å². The van der Waals surface area contributed by atoms with E-state index in [1.54, 1.807) is 27.7 Å². The predicted octanol–water partition coefficient (Wildman–Crippen LogP) is -1.10. The fourth-order valence-electron chi connectivity index (χ4n) is 3.10. The highest BCUT2D eigenvalue weighted by molar-refractivity contribution is 5.94. The Hall–Kier alpha value is -2.99. The average Bonchev–Trinajstić information content (AvgIpc) is 3.25. The molecule has 1 rings (SSSR count). The molecule has 6 unspecified atom stereocenters. The first-order valence-electron chi connectivity index (χ1n) is 10.9. The number of nitrogens with two attached hydrogens (primary N) is 1. The highest BCUT2D eigenvalue weighted by atomic mass is 16.4. The number of rotatable bonds is 13. The Morgan fingerprint density at radius 3 is 2.00 bits per heavy atom. The van der Waals surface area contributed by atoms with E-state index in [2.05, 4.69) is 25.9 Å². The van der Waals surface area contributed by atoms with Crippen molar-refractivity contribution in [2.75, 3.05) is 0 Å². The van der Waals surface area contributed by atoms with Gasteiger partial charge in [-0.2, -0.15) is 0 Å². The number of amides is 3. The van der Waals surface area contributed by atoms with E-state index < -0.39 is 59.9 Å². The summed E-state index contributed by atoms with van der Waals surface area (Å²) in [4.78, 5) is 56.3. The number of hydrogen-bond donors (Lipinski definition) is 7. The van der Waals surface area contributed by atoms with Gasteiger partial charge in [-0.1, -0.05) is 34.1 Å². The zero-order chi connectivity index (χ0) is 25.3. The molecule has 8 N–H and O–H groups in total. The monoisotopic (exact) mass is 468 g/mol. The number of aliphatic carboxylic acids is 1. The van der Waals surface area contributed by atoms with Gasteiger partial charge < -0.3 is 36.9 Å². The number of nitrogens with zero attached hydrogens (tertiary/aromatic N) is 1. The lowest BCUT2D eigenvalue weighted by atomic mass is 9.97. The lowest BCUT2D eigenvalue weighted by Gasteiger charge is -2.29. The summed E-state index contributed by atoms with van der Waals surface area (Å²) < 4.78 is 0. The summed E-state index contributed by atoms with van der Waals surface area (Å²) in [6, 6.07) is -4.58. The number of aromatic nitrogens is 2. The maximum absolute atomic E-state index is 12.8. The Balaban J connectivity index is 2.89. The largest absolute Gasteiger partial charge is 0.480 e. The van der Waals surface area contributed by atoms with Crippen LogP contribution in [0.3, 0.4) is 0 Å². The van der Waals surface area contributed by atoms with E-state index in [1.807, 2.05) is 0 Å². The number of aliphatic hydroxyl groups is 1. The Labute approximate surface area is 193 Å². The quantitative estimate of drug-likeness (QED) is 0.189. The molecule has 0 fully saturated rings. The highest BCUT2D eigenvalue weighted by Gasteiger charge is 2.34. The van der Waals surface area contributed by atoms with Gasteiger partial charge in [0.15, 0.2) is 0 Å². The van der Waals surface area contributed by atoms with Crippen LogP contribution in [0.2, 0.25) is 0 Å². The van der Waals surface area contributed by atoms with Crippen LogP contribution in [-0.4, -0.2) is 74.1 Å². The minimum Gasteiger partial charge on any atom is -0.480 e. The number of carboxylic acid groups (broad SMARTS) is 1. The van der Waals surface area contributed by atoms with Gasteiger partial charge in [0.05, 0.1) is 18.5 Å². The SMILES string of the molecule is CCC(C)C(NC(=O)C(NC(=O)C(NC(=O)C(N)Cc1cnc[nH]1)C(C)O)C(C)C)C(=O)O. The van der Waals surface area contributed by atoms with E-state index >= 15 is 0 Å². The predicted molar refractivity (Wildman–Crippen MR) is 120 cm³/mol. The van der Waals surface area contributed by atoms with Gasteiger partial charge in [-0.25, -0.2) is 9.78 Å². The van der Waals surface area contributed by atoms with Crippen LogP contribution in [0.25, 0.3) is 0 Å². The molecule has 12 heteroatoms. The van der Waals surface area contributed by atoms with Crippen molar-refractivity contribution in [2.24, 2.45) is 17.6 Å². The Bertz CT molecular complexity index is 797. The van der Waals surface area contributed by atoms with Crippen molar-refractivity contribution < 1.29 is 29.4 Å². The van der Waals surface area contributed by atoms with Crippen molar-refractivity contribution in [2.45, 2.75) is 77.7 Å². The number of carboxylic acids is 1. The molecule has 33 heavy (non-hydrogen) atoms. The molecule has 0 bridgehead atoms. The highest BCUT2D eigenvalue weighted by Crippen LogP contribution is 2.10. The number of hydrogen-bond acceptors (Lipinski definition) is 7. The summed E-state index contributed by atoms with van der Waals surface area (Å²) in [7, 11) is 0. The first-order chi connectivity index (χ1) is 15.4. The van der Waals surface area contributed by atoms with Crippen LogP contribution >= 0.6 is 0 Å². The van der Waals surface area contributed by atoms with Gasteiger partial charge in [-0.3, -0.25) is 14.4 Å². The number of carbonyl (C=O) groups excluding carboxylic acids is 3. The van der Waals surface area contributed by atoms with E-state index in [0.717, 1.165) is 0 Å². The Morgan fingerprint density at radius 2 is 1.55 bits per heavy atom. The second-order valence-electron chi connectivity index (χ2n) is 8.55. The summed E-state index contributed by atoms with van der Waals surface area (Å²) in [5, 5.41) is 26.9. The second-order valence-corrected chi connectivity index (χ2v) is 8.55. The minimum absolute atomic E-state index is 0.142. The molecule has 0 aliphatic heterocycles. The molecule has 186 valence electrons. The van der Waals surface area contributed by atoms with Crippen molar-refractivity contribution in [1.82, 2.24) is 25.9 Å². The molecule has 1 heterocycles. The summed E-state index contributed by atoms with van der Waals surface area (Å²) in [5.74, 6) is -4.02. The Morgan fingerprint density at radius 1 is 1.00 bits per heavy atom. The van der Waals surface area contributed by atoms with Crippen LogP contribution in [0.1, 0.15) is 46.7 Å². The summed E-state index contributed by atoms with van der Waals surface area (Å²) in [5.41, 5.74) is 6.51. The molecule has 0 aliphatic rings. The van der Waals surface area contributed by atoms with Gasteiger partial charge in [-0.05, 0) is 18.8 Å². The van der Waals surface area contributed by atoms with E-state index in [4.69, 9.17) is 5.73 Å². The molecule has 0 radical (unpaired) electrons. The lowest BCUT2D eigenvalue weighted by molar-refractivity contribution is -0.144. The smallest absolute Gasteiger partial charge is 0.326 e. The minimum atomic E-state index is -1.37. The van der Waals surface area contributed by atoms with Crippen LogP contribution in [0, 0.1) is 11.8 Å². The van der Waals surface area contributed by atoms with E-state index in [0.29, 0.717) is 12.1 Å². The van der Waals surface area contributed by atoms with Gasteiger partial charge in [0.25, 0.3) is 0 Å². The third-order valence-corrected chi connectivity index (χ3v) is 5.42. The molecule has 3 amide bonds. The normalized spacial score (nSPS) is 16.7. The number of aliphatic hydroxyl groups excluding tert-OH is 1. The first kappa shape index (κ1) is 28.0. The van der Waals surface area contributed by atoms with Crippen molar-refractivity contribution in [1.29, 1.82) is 0 Å². The van der Waals surface area contributed by atoms with Gasteiger partial charge in [0.1, 0.15) is 18.1 Å². The zero-order valence-corrected chi connectivity index (χ0v) is 19.7. The van der Waals surface area contributed by atoms with Crippen molar-refractivity contribution >= 4 is 23.7 Å². The van der Waals surface area contributed by atoms with Crippen molar-refractivity contribution in [3.05, 3.63) is 18.2 Å². The topological polar surface area (TPSA) is 200 Å². The zero-order valence-electron chi connectivity index (χ0n) is 19.7. The van der Waals surface area contributed by atoms with E-state index in [9.17, 15) is 29.4 Å². The lowest BCUT2D eigenvalue weighted by Crippen LogP contribution is -2.61. The fraction of sp³-hybridized carbons (Fsp3) is 0.667. The fourth-order valence-corrected chi connectivity index (χ4v) is 3.10.